The van der Waals surface area contributed by atoms with E-state index in [0.717, 1.165) is 19.3 Å². The SMILES string of the molecule is CCCCCC(CCCC)NC(N)=O. The third-order valence-electron chi connectivity index (χ3n) is 2.41. The molecule has 0 heterocycles. The molecule has 0 radical (unpaired) electrons. The third-order valence-corrected chi connectivity index (χ3v) is 2.41. The van der Waals surface area contributed by atoms with Gasteiger partial charge < -0.3 is 11.1 Å². The van der Waals surface area contributed by atoms with E-state index in [-0.39, 0.29) is 6.03 Å². The second-order valence-corrected chi connectivity index (χ2v) is 3.84. The van der Waals surface area contributed by atoms with Gasteiger partial charge in [-0.1, -0.05) is 46.0 Å². The quantitative estimate of drug-likeness (QED) is 0.582. The molecule has 1 atom stereocenters. The van der Waals surface area contributed by atoms with E-state index in [4.69, 9.17) is 5.73 Å². The van der Waals surface area contributed by atoms with E-state index in [1.807, 2.05) is 0 Å². The molecule has 0 aliphatic rings. The Balaban J connectivity index is 3.66. The van der Waals surface area contributed by atoms with E-state index >= 15 is 0 Å². The predicted molar refractivity (Wildman–Crippen MR) is 60.2 cm³/mol. The van der Waals surface area contributed by atoms with Crippen LogP contribution in [-0.4, -0.2) is 12.1 Å². The van der Waals surface area contributed by atoms with Crippen molar-refractivity contribution < 1.29 is 4.79 Å². The Morgan fingerprint density at radius 1 is 1.14 bits per heavy atom. The zero-order valence-electron chi connectivity index (χ0n) is 9.51. The molecule has 0 saturated carbocycles. The average molecular weight is 200 g/mol. The zero-order chi connectivity index (χ0) is 10.8. The van der Waals surface area contributed by atoms with Crippen molar-refractivity contribution in [3.63, 3.8) is 0 Å². The van der Waals surface area contributed by atoms with Crippen molar-refractivity contribution >= 4 is 6.03 Å². The number of carbonyl (C=O) groups excluding carboxylic acids is 1. The fourth-order valence-electron chi connectivity index (χ4n) is 1.58. The van der Waals surface area contributed by atoms with Crippen molar-refractivity contribution in [3.05, 3.63) is 0 Å². The molecule has 14 heavy (non-hydrogen) atoms. The summed E-state index contributed by atoms with van der Waals surface area (Å²) >= 11 is 0. The van der Waals surface area contributed by atoms with Gasteiger partial charge in [0.1, 0.15) is 0 Å². The Labute approximate surface area is 87.4 Å². The Morgan fingerprint density at radius 3 is 2.21 bits per heavy atom. The van der Waals surface area contributed by atoms with Gasteiger partial charge in [-0.05, 0) is 12.8 Å². The van der Waals surface area contributed by atoms with Crippen LogP contribution in [0.4, 0.5) is 4.79 Å². The van der Waals surface area contributed by atoms with Crippen molar-refractivity contribution in [3.8, 4) is 0 Å². The molecule has 0 aromatic heterocycles. The van der Waals surface area contributed by atoms with Gasteiger partial charge in [0.25, 0.3) is 0 Å². The second kappa shape index (κ2) is 8.85. The molecular weight excluding hydrogens is 176 g/mol. The summed E-state index contributed by atoms with van der Waals surface area (Å²) < 4.78 is 0. The normalized spacial score (nSPS) is 12.4. The highest BCUT2D eigenvalue weighted by atomic mass is 16.2. The first-order chi connectivity index (χ1) is 6.70. The van der Waals surface area contributed by atoms with Crippen LogP contribution in [0.1, 0.15) is 58.8 Å². The summed E-state index contributed by atoms with van der Waals surface area (Å²) in [4.78, 5) is 10.7. The summed E-state index contributed by atoms with van der Waals surface area (Å²) in [5, 5.41) is 2.81. The molecule has 3 nitrogen and oxygen atoms in total. The van der Waals surface area contributed by atoms with Crippen LogP contribution in [-0.2, 0) is 0 Å². The minimum Gasteiger partial charge on any atom is -0.352 e. The number of nitrogens with two attached hydrogens (primary N) is 1. The lowest BCUT2D eigenvalue weighted by molar-refractivity contribution is 0.243. The predicted octanol–water partition coefficient (Wildman–Crippen LogP) is 2.79. The first-order valence-electron chi connectivity index (χ1n) is 5.76. The molecule has 0 aliphatic carbocycles. The maximum atomic E-state index is 10.7. The summed E-state index contributed by atoms with van der Waals surface area (Å²) in [5.74, 6) is 0. The zero-order valence-corrected chi connectivity index (χ0v) is 9.51. The Kier molecular flexibility index (Phi) is 8.39. The largest absolute Gasteiger partial charge is 0.352 e. The van der Waals surface area contributed by atoms with Gasteiger partial charge >= 0.3 is 6.03 Å². The van der Waals surface area contributed by atoms with E-state index in [0.29, 0.717) is 6.04 Å². The summed E-state index contributed by atoms with van der Waals surface area (Å²) in [5.41, 5.74) is 5.12. The summed E-state index contributed by atoms with van der Waals surface area (Å²) in [7, 11) is 0. The number of amides is 2. The topological polar surface area (TPSA) is 55.1 Å². The molecular formula is C11H24N2O. The minimum absolute atomic E-state index is 0.291. The first-order valence-corrected chi connectivity index (χ1v) is 5.76. The highest BCUT2D eigenvalue weighted by Gasteiger charge is 2.08. The maximum Gasteiger partial charge on any atom is 0.312 e. The van der Waals surface area contributed by atoms with E-state index in [1.165, 1.54) is 25.7 Å². The van der Waals surface area contributed by atoms with Crippen molar-refractivity contribution in [1.29, 1.82) is 0 Å². The first kappa shape index (κ1) is 13.3. The van der Waals surface area contributed by atoms with Crippen LogP contribution in [0.2, 0.25) is 0 Å². The van der Waals surface area contributed by atoms with Crippen LogP contribution in [0.25, 0.3) is 0 Å². The molecule has 0 aromatic carbocycles. The number of primary amides is 1. The lowest BCUT2D eigenvalue weighted by Crippen LogP contribution is -2.38. The molecule has 3 heteroatoms. The van der Waals surface area contributed by atoms with Gasteiger partial charge in [0.2, 0.25) is 0 Å². The van der Waals surface area contributed by atoms with Crippen LogP contribution in [0.15, 0.2) is 0 Å². The number of hydrogen-bond donors (Lipinski definition) is 2. The van der Waals surface area contributed by atoms with Crippen LogP contribution in [0, 0.1) is 0 Å². The van der Waals surface area contributed by atoms with Crippen LogP contribution < -0.4 is 11.1 Å². The van der Waals surface area contributed by atoms with Gasteiger partial charge in [-0.3, -0.25) is 0 Å². The van der Waals surface area contributed by atoms with Crippen LogP contribution >= 0.6 is 0 Å². The number of rotatable bonds is 8. The molecule has 0 spiro atoms. The molecule has 0 saturated heterocycles. The molecule has 3 N–H and O–H groups in total. The van der Waals surface area contributed by atoms with E-state index < -0.39 is 0 Å². The van der Waals surface area contributed by atoms with E-state index in [1.54, 1.807) is 0 Å². The summed E-state index contributed by atoms with van der Waals surface area (Å²) in [6.07, 6.45) is 8.10. The average Bonchev–Trinajstić information content (AvgIpc) is 2.13. The highest BCUT2D eigenvalue weighted by molar-refractivity contribution is 5.71. The second-order valence-electron chi connectivity index (χ2n) is 3.84. The van der Waals surface area contributed by atoms with Crippen LogP contribution in [0.5, 0.6) is 0 Å². The van der Waals surface area contributed by atoms with E-state index in [2.05, 4.69) is 19.2 Å². The molecule has 0 rings (SSSR count). The number of urea groups is 1. The molecule has 2 amide bonds. The maximum absolute atomic E-state index is 10.7. The van der Waals surface area contributed by atoms with E-state index in [9.17, 15) is 4.79 Å². The van der Waals surface area contributed by atoms with Gasteiger partial charge in [0.05, 0.1) is 0 Å². The summed E-state index contributed by atoms with van der Waals surface area (Å²) in [6, 6.07) is -0.0957. The fraction of sp³-hybridized carbons (Fsp3) is 0.909. The lowest BCUT2D eigenvalue weighted by atomic mass is 10.0. The molecule has 84 valence electrons. The Hall–Kier alpha value is -0.730. The van der Waals surface area contributed by atoms with Gasteiger partial charge in [-0.25, -0.2) is 4.79 Å². The number of unbranched alkanes of at least 4 members (excludes halogenated alkanes) is 3. The molecule has 1 unspecified atom stereocenters. The Bertz CT molecular complexity index is 148. The molecule has 0 aliphatic heterocycles. The van der Waals surface area contributed by atoms with Crippen molar-refractivity contribution in [2.75, 3.05) is 0 Å². The number of carbonyl (C=O) groups is 1. The molecule has 0 aromatic rings. The van der Waals surface area contributed by atoms with Crippen molar-refractivity contribution in [1.82, 2.24) is 5.32 Å². The fourth-order valence-corrected chi connectivity index (χ4v) is 1.58. The molecule has 0 fully saturated rings. The third kappa shape index (κ3) is 7.90. The van der Waals surface area contributed by atoms with Crippen LogP contribution in [0.3, 0.4) is 0 Å². The molecule has 0 bridgehead atoms. The Morgan fingerprint density at radius 2 is 1.71 bits per heavy atom. The summed E-state index contributed by atoms with van der Waals surface area (Å²) in [6.45, 7) is 4.34. The van der Waals surface area contributed by atoms with Gasteiger partial charge in [-0.2, -0.15) is 0 Å². The van der Waals surface area contributed by atoms with Gasteiger partial charge in [0, 0.05) is 6.04 Å². The lowest BCUT2D eigenvalue weighted by Gasteiger charge is -2.16. The van der Waals surface area contributed by atoms with Gasteiger partial charge in [-0.15, -0.1) is 0 Å². The van der Waals surface area contributed by atoms with Crippen molar-refractivity contribution in [2.24, 2.45) is 5.73 Å². The minimum atomic E-state index is -0.386. The monoisotopic (exact) mass is 200 g/mol. The smallest absolute Gasteiger partial charge is 0.312 e. The number of hydrogen-bond acceptors (Lipinski definition) is 1. The number of nitrogens with one attached hydrogen (secondary N) is 1. The van der Waals surface area contributed by atoms with Crippen molar-refractivity contribution in [2.45, 2.75) is 64.8 Å². The highest BCUT2D eigenvalue weighted by Crippen LogP contribution is 2.09. The van der Waals surface area contributed by atoms with Gasteiger partial charge in [0.15, 0.2) is 0 Å². The standard InChI is InChI=1S/C11H24N2O/c1-3-5-7-9-10(8-6-4-2)13-11(12)14/h10H,3-9H2,1-2H3,(H3,12,13,14).